The van der Waals surface area contributed by atoms with E-state index in [-0.39, 0.29) is 0 Å². The smallest absolute Gasteiger partial charge is 0.154 e. The molecule has 6 heteroatoms. The van der Waals surface area contributed by atoms with Gasteiger partial charge in [0.2, 0.25) is 0 Å². The molecule has 3 nitrogen and oxygen atoms in total. The molecule has 0 radical (unpaired) electrons. The van der Waals surface area contributed by atoms with Crippen molar-refractivity contribution in [1.82, 2.24) is 0 Å². The van der Waals surface area contributed by atoms with Gasteiger partial charge in [0.05, 0.1) is 13.7 Å². The minimum absolute atomic E-state index is 0.483. The third-order valence-electron chi connectivity index (χ3n) is 2.99. The molecule has 0 fully saturated rings. The number of halogens is 2. The van der Waals surface area contributed by atoms with Crippen LogP contribution in [0.4, 0.5) is 0 Å². The summed E-state index contributed by atoms with van der Waals surface area (Å²) in [5.41, 5.74) is 7.92. The van der Waals surface area contributed by atoms with E-state index >= 15 is 0 Å². The number of nitrogens with two attached hydrogens (primary N) is 1. The van der Waals surface area contributed by atoms with Gasteiger partial charge in [-0.05, 0) is 23.8 Å². The summed E-state index contributed by atoms with van der Waals surface area (Å²) in [4.78, 5) is 4.37. The van der Waals surface area contributed by atoms with Crippen LogP contribution in [0.25, 0.3) is 0 Å². The molecule has 0 saturated heterocycles. The molecule has 0 bridgehead atoms. The minimum atomic E-state index is 0.483. The average Bonchev–Trinajstić information content (AvgIpc) is 2.52. The van der Waals surface area contributed by atoms with Crippen molar-refractivity contribution in [2.75, 3.05) is 7.11 Å². The van der Waals surface area contributed by atoms with Crippen LogP contribution < -0.4 is 10.5 Å². The largest absolute Gasteiger partial charge is 0.496 e. The molecule has 0 unspecified atom stereocenters. The lowest BCUT2D eigenvalue weighted by Crippen LogP contribution is -2.07. The maximum atomic E-state index is 6.13. The van der Waals surface area contributed by atoms with Gasteiger partial charge < -0.3 is 10.5 Å². The Balaban J connectivity index is 1.95. The average molecular weight is 355 g/mol. The molecule has 116 valence electrons. The Morgan fingerprint density at radius 3 is 2.68 bits per heavy atom. The summed E-state index contributed by atoms with van der Waals surface area (Å²) < 4.78 is 5.29. The van der Waals surface area contributed by atoms with Crippen LogP contribution in [-0.4, -0.2) is 12.3 Å². The van der Waals surface area contributed by atoms with Gasteiger partial charge in [0.15, 0.2) is 5.17 Å². The molecule has 22 heavy (non-hydrogen) atoms. The first-order valence-corrected chi connectivity index (χ1v) is 8.33. The fourth-order valence-electron chi connectivity index (χ4n) is 1.83. The van der Waals surface area contributed by atoms with Crippen molar-refractivity contribution in [3.8, 4) is 5.75 Å². The molecule has 0 aromatic heterocycles. The minimum Gasteiger partial charge on any atom is -0.496 e. The molecule has 2 N–H and O–H groups in total. The quantitative estimate of drug-likeness (QED) is 0.622. The van der Waals surface area contributed by atoms with Crippen molar-refractivity contribution < 1.29 is 4.74 Å². The topological polar surface area (TPSA) is 47.6 Å². The number of methoxy groups -OCH3 is 1. The lowest BCUT2D eigenvalue weighted by molar-refractivity contribution is 0.410. The Labute approximate surface area is 144 Å². The van der Waals surface area contributed by atoms with Crippen molar-refractivity contribution in [2.45, 2.75) is 12.3 Å². The van der Waals surface area contributed by atoms with Crippen LogP contribution in [0.1, 0.15) is 11.1 Å². The second-order valence-electron chi connectivity index (χ2n) is 4.49. The SMILES string of the molecule is COc1ccccc1CN=C(N)SCc1ccc(Cl)cc1Cl. The van der Waals surface area contributed by atoms with Crippen molar-refractivity contribution >= 4 is 40.1 Å². The highest BCUT2D eigenvalue weighted by Gasteiger charge is 2.04. The fraction of sp³-hybridized carbons (Fsp3) is 0.188. The monoisotopic (exact) mass is 354 g/mol. The third-order valence-corrected chi connectivity index (χ3v) is 4.46. The molecule has 2 rings (SSSR count). The van der Waals surface area contributed by atoms with Crippen LogP contribution in [0.2, 0.25) is 10.0 Å². The number of rotatable bonds is 5. The van der Waals surface area contributed by atoms with Crippen molar-refractivity contribution in [2.24, 2.45) is 10.7 Å². The second-order valence-corrected chi connectivity index (χ2v) is 6.33. The molecule has 0 atom stereocenters. The predicted octanol–water partition coefficient (Wildman–Crippen LogP) is 4.75. The summed E-state index contributed by atoms with van der Waals surface area (Å²) in [6, 6.07) is 13.2. The van der Waals surface area contributed by atoms with E-state index in [4.69, 9.17) is 33.7 Å². The fourth-order valence-corrected chi connectivity index (χ4v) is 3.10. The van der Waals surface area contributed by atoms with Crippen molar-refractivity contribution in [3.63, 3.8) is 0 Å². The number of amidine groups is 1. The molecular formula is C16H16Cl2N2OS. The molecule has 0 spiro atoms. The second kappa shape index (κ2) is 8.32. The molecule has 2 aromatic carbocycles. The number of para-hydroxylation sites is 1. The van der Waals surface area contributed by atoms with Crippen LogP contribution in [-0.2, 0) is 12.3 Å². The number of hydrogen-bond acceptors (Lipinski definition) is 3. The summed E-state index contributed by atoms with van der Waals surface area (Å²) >= 11 is 13.4. The van der Waals surface area contributed by atoms with Gasteiger partial charge in [0, 0.05) is 21.4 Å². The van der Waals surface area contributed by atoms with Gasteiger partial charge in [-0.25, -0.2) is 0 Å². The Morgan fingerprint density at radius 1 is 1.18 bits per heavy atom. The van der Waals surface area contributed by atoms with E-state index in [2.05, 4.69) is 4.99 Å². The van der Waals surface area contributed by atoms with E-state index in [0.717, 1.165) is 16.9 Å². The van der Waals surface area contributed by atoms with Crippen LogP contribution in [0.5, 0.6) is 5.75 Å². The number of aliphatic imine (C=N–C) groups is 1. The van der Waals surface area contributed by atoms with E-state index < -0.39 is 0 Å². The maximum absolute atomic E-state index is 6.13. The van der Waals surface area contributed by atoms with Gasteiger partial charge in [-0.1, -0.05) is 59.2 Å². The zero-order valence-corrected chi connectivity index (χ0v) is 14.4. The molecule has 0 aliphatic carbocycles. The summed E-state index contributed by atoms with van der Waals surface area (Å²) in [6.45, 7) is 0.483. The third kappa shape index (κ3) is 4.83. The van der Waals surface area contributed by atoms with Gasteiger partial charge in [-0.15, -0.1) is 0 Å². The van der Waals surface area contributed by atoms with Gasteiger partial charge in [-0.2, -0.15) is 0 Å². The molecular weight excluding hydrogens is 339 g/mol. The molecule has 2 aromatic rings. The first-order valence-electron chi connectivity index (χ1n) is 6.58. The standard InChI is InChI=1S/C16H16Cl2N2OS/c1-21-15-5-3-2-4-11(15)9-20-16(19)22-10-12-6-7-13(17)8-14(12)18/h2-8H,9-10H2,1H3,(H2,19,20). The molecule has 0 heterocycles. The molecule has 0 amide bonds. The number of benzene rings is 2. The van der Waals surface area contributed by atoms with Crippen LogP contribution >= 0.6 is 35.0 Å². The Hall–Kier alpha value is -1.36. The van der Waals surface area contributed by atoms with E-state index in [1.807, 2.05) is 36.4 Å². The highest BCUT2D eigenvalue weighted by atomic mass is 35.5. The summed E-state index contributed by atoms with van der Waals surface area (Å²) in [6.07, 6.45) is 0. The zero-order valence-electron chi connectivity index (χ0n) is 12.1. The van der Waals surface area contributed by atoms with Crippen LogP contribution in [0.3, 0.4) is 0 Å². The lowest BCUT2D eigenvalue weighted by Gasteiger charge is -2.07. The number of ether oxygens (including phenoxy) is 1. The highest BCUT2D eigenvalue weighted by Crippen LogP contribution is 2.25. The highest BCUT2D eigenvalue weighted by molar-refractivity contribution is 8.13. The van der Waals surface area contributed by atoms with Crippen molar-refractivity contribution in [3.05, 3.63) is 63.6 Å². The first kappa shape index (κ1) is 17.0. The van der Waals surface area contributed by atoms with Gasteiger partial charge in [0.1, 0.15) is 5.75 Å². The van der Waals surface area contributed by atoms with Gasteiger partial charge >= 0.3 is 0 Å². The Morgan fingerprint density at radius 2 is 1.95 bits per heavy atom. The summed E-state index contributed by atoms with van der Waals surface area (Å²) in [5, 5.41) is 1.77. The molecule has 0 saturated carbocycles. The van der Waals surface area contributed by atoms with E-state index in [9.17, 15) is 0 Å². The van der Waals surface area contributed by atoms with Crippen molar-refractivity contribution in [1.29, 1.82) is 0 Å². The summed E-state index contributed by atoms with van der Waals surface area (Å²) in [5.74, 6) is 1.46. The number of hydrogen-bond donors (Lipinski definition) is 1. The number of thioether (sulfide) groups is 1. The zero-order chi connectivity index (χ0) is 15.9. The van der Waals surface area contributed by atoms with Crippen LogP contribution in [0, 0.1) is 0 Å². The van der Waals surface area contributed by atoms with Gasteiger partial charge in [0.25, 0.3) is 0 Å². The molecule has 0 aliphatic heterocycles. The Bertz CT molecular complexity index is 677. The maximum Gasteiger partial charge on any atom is 0.154 e. The predicted molar refractivity (Wildman–Crippen MR) is 96.1 cm³/mol. The first-order chi connectivity index (χ1) is 10.6. The summed E-state index contributed by atoms with van der Waals surface area (Å²) in [7, 11) is 1.64. The molecule has 0 aliphatic rings. The van der Waals surface area contributed by atoms with Gasteiger partial charge in [-0.3, -0.25) is 4.99 Å². The Kier molecular flexibility index (Phi) is 6.43. The van der Waals surface area contributed by atoms with Crippen LogP contribution in [0.15, 0.2) is 47.5 Å². The normalized spacial score (nSPS) is 11.5. The number of nitrogens with zero attached hydrogens (tertiary/aromatic N) is 1. The van der Waals surface area contributed by atoms with E-state index in [1.165, 1.54) is 11.8 Å². The van der Waals surface area contributed by atoms with E-state index in [1.54, 1.807) is 13.2 Å². The van der Waals surface area contributed by atoms with E-state index in [0.29, 0.717) is 27.5 Å². The lowest BCUT2D eigenvalue weighted by atomic mass is 10.2.